The molecular weight excluding hydrogens is 276 g/mol. The van der Waals surface area contributed by atoms with Crippen LogP contribution in [0.2, 0.25) is 0 Å². The van der Waals surface area contributed by atoms with E-state index in [0.29, 0.717) is 17.3 Å². The van der Waals surface area contributed by atoms with Crippen LogP contribution in [-0.4, -0.2) is 29.1 Å². The number of rotatable bonds is 4. The van der Waals surface area contributed by atoms with Crippen molar-refractivity contribution in [2.75, 3.05) is 12.4 Å². The van der Waals surface area contributed by atoms with Gasteiger partial charge in [0.25, 0.3) is 5.91 Å². The number of oxazole rings is 1. The van der Waals surface area contributed by atoms with Crippen molar-refractivity contribution in [3.05, 3.63) is 41.1 Å². The van der Waals surface area contributed by atoms with E-state index in [1.807, 2.05) is 0 Å². The number of benzene rings is 1. The first-order chi connectivity index (χ1) is 9.92. The van der Waals surface area contributed by atoms with Crippen LogP contribution in [0.3, 0.4) is 0 Å². The molecule has 0 unspecified atom stereocenters. The van der Waals surface area contributed by atoms with E-state index in [2.05, 4.69) is 10.3 Å². The predicted molar refractivity (Wildman–Crippen MR) is 73.9 cm³/mol. The van der Waals surface area contributed by atoms with Crippen LogP contribution in [0.1, 0.15) is 32.5 Å². The normalized spacial score (nSPS) is 10.2. The molecule has 7 heteroatoms. The van der Waals surface area contributed by atoms with Crippen LogP contribution in [0.25, 0.3) is 0 Å². The van der Waals surface area contributed by atoms with Crippen LogP contribution in [-0.2, 0) is 0 Å². The van der Waals surface area contributed by atoms with Gasteiger partial charge in [0, 0.05) is 6.92 Å². The highest BCUT2D eigenvalue weighted by Crippen LogP contribution is 2.26. The number of carboxylic acids is 1. The number of aromatic nitrogens is 1. The Kier molecular flexibility index (Phi) is 3.93. The first-order valence-corrected chi connectivity index (χ1v) is 6.09. The van der Waals surface area contributed by atoms with E-state index in [-0.39, 0.29) is 17.0 Å². The highest BCUT2D eigenvalue weighted by Gasteiger charge is 2.18. The van der Waals surface area contributed by atoms with Gasteiger partial charge in [-0.1, -0.05) is 0 Å². The van der Waals surface area contributed by atoms with Gasteiger partial charge in [-0.25, -0.2) is 9.78 Å². The number of nitrogens with one attached hydrogen (secondary N) is 1. The molecule has 0 fully saturated rings. The lowest BCUT2D eigenvalue weighted by Gasteiger charge is -2.10. The van der Waals surface area contributed by atoms with Crippen molar-refractivity contribution < 1.29 is 23.8 Å². The molecule has 2 rings (SSSR count). The summed E-state index contributed by atoms with van der Waals surface area (Å²) in [5.74, 6) is -0.810. The average Bonchev–Trinajstić information content (AvgIpc) is 2.77. The lowest BCUT2D eigenvalue weighted by Crippen LogP contribution is -2.13. The first kappa shape index (κ1) is 14.6. The van der Waals surface area contributed by atoms with Crippen molar-refractivity contribution in [3.8, 4) is 5.75 Å². The molecule has 0 radical (unpaired) electrons. The molecule has 1 heterocycles. The van der Waals surface area contributed by atoms with Gasteiger partial charge in [-0.15, -0.1) is 0 Å². The summed E-state index contributed by atoms with van der Waals surface area (Å²) in [6, 6.07) is 4.18. The molecule has 0 atom stereocenters. The van der Waals surface area contributed by atoms with Gasteiger partial charge in [-0.2, -0.15) is 0 Å². The summed E-state index contributed by atoms with van der Waals surface area (Å²) in [5, 5.41) is 11.6. The molecule has 1 aromatic carbocycles. The topological polar surface area (TPSA) is 102 Å². The fourth-order valence-electron chi connectivity index (χ4n) is 1.86. The largest absolute Gasteiger partial charge is 0.495 e. The van der Waals surface area contributed by atoms with E-state index < -0.39 is 11.9 Å². The van der Waals surface area contributed by atoms with E-state index in [4.69, 9.17) is 14.3 Å². The van der Waals surface area contributed by atoms with Crippen molar-refractivity contribution >= 4 is 17.6 Å². The van der Waals surface area contributed by atoms with Crippen LogP contribution in [0.5, 0.6) is 5.75 Å². The van der Waals surface area contributed by atoms with Gasteiger partial charge in [0.1, 0.15) is 5.75 Å². The Morgan fingerprint density at radius 1 is 1.33 bits per heavy atom. The summed E-state index contributed by atoms with van der Waals surface area (Å²) in [7, 11) is 1.43. The molecule has 7 nitrogen and oxygen atoms in total. The molecule has 0 bridgehead atoms. The van der Waals surface area contributed by atoms with E-state index in [0.717, 1.165) is 0 Å². The Balaban J connectivity index is 2.33. The van der Waals surface area contributed by atoms with Gasteiger partial charge in [0.2, 0.25) is 5.76 Å². The van der Waals surface area contributed by atoms with E-state index in [9.17, 15) is 9.59 Å². The quantitative estimate of drug-likeness (QED) is 0.895. The summed E-state index contributed by atoms with van der Waals surface area (Å²) in [4.78, 5) is 27.1. The summed E-state index contributed by atoms with van der Waals surface area (Å²) in [5.41, 5.74) is 0.741. The van der Waals surface area contributed by atoms with Gasteiger partial charge in [-0.05, 0) is 25.1 Å². The predicted octanol–water partition coefficient (Wildman–Crippen LogP) is 2.25. The molecule has 0 aliphatic heterocycles. The van der Waals surface area contributed by atoms with Crippen LogP contribution >= 0.6 is 0 Å². The number of methoxy groups -OCH3 is 1. The summed E-state index contributed by atoms with van der Waals surface area (Å²) >= 11 is 0. The standard InChI is InChI=1S/C14H14N2O5/c1-7-12(21-8(2)15-7)13(17)16-10-6-9(14(18)19)4-5-11(10)20-3/h4-6H,1-3H3,(H,16,17)(H,18,19). The molecule has 0 aliphatic rings. The minimum atomic E-state index is -1.10. The number of carbonyl (C=O) groups excluding carboxylic acids is 1. The third-order valence-corrected chi connectivity index (χ3v) is 2.80. The monoisotopic (exact) mass is 290 g/mol. The second-order valence-electron chi connectivity index (χ2n) is 4.32. The number of anilines is 1. The van der Waals surface area contributed by atoms with E-state index in [1.54, 1.807) is 13.8 Å². The number of hydrogen-bond acceptors (Lipinski definition) is 5. The van der Waals surface area contributed by atoms with Gasteiger partial charge in [-0.3, -0.25) is 4.79 Å². The molecule has 0 spiro atoms. The number of hydrogen-bond donors (Lipinski definition) is 2. The molecular formula is C14H14N2O5. The van der Waals surface area contributed by atoms with Gasteiger partial charge in [0.05, 0.1) is 24.1 Å². The summed E-state index contributed by atoms with van der Waals surface area (Å²) in [6.45, 7) is 3.28. The van der Waals surface area contributed by atoms with Crippen LogP contribution in [0, 0.1) is 13.8 Å². The number of aryl methyl sites for hydroxylation is 2. The second kappa shape index (κ2) is 5.66. The molecule has 0 saturated heterocycles. The zero-order chi connectivity index (χ0) is 15.6. The molecule has 2 N–H and O–H groups in total. The van der Waals surface area contributed by atoms with Crippen molar-refractivity contribution in [3.63, 3.8) is 0 Å². The Labute approximate surface area is 120 Å². The summed E-state index contributed by atoms with van der Waals surface area (Å²) < 4.78 is 10.3. The molecule has 1 aromatic heterocycles. The van der Waals surface area contributed by atoms with Gasteiger partial charge in [0.15, 0.2) is 5.89 Å². The first-order valence-electron chi connectivity index (χ1n) is 6.09. The minimum absolute atomic E-state index is 0.0385. The second-order valence-corrected chi connectivity index (χ2v) is 4.32. The van der Waals surface area contributed by atoms with Crippen molar-refractivity contribution in [2.24, 2.45) is 0 Å². The molecule has 0 saturated carbocycles. The number of nitrogens with zero attached hydrogens (tertiary/aromatic N) is 1. The van der Waals surface area contributed by atoms with Crippen molar-refractivity contribution in [2.45, 2.75) is 13.8 Å². The number of carboxylic acid groups (broad SMARTS) is 1. The third-order valence-electron chi connectivity index (χ3n) is 2.80. The van der Waals surface area contributed by atoms with Crippen LogP contribution < -0.4 is 10.1 Å². The van der Waals surface area contributed by atoms with Crippen LogP contribution in [0.4, 0.5) is 5.69 Å². The highest BCUT2D eigenvalue weighted by atomic mass is 16.5. The van der Waals surface area contributed by atoms with Gasteiger partial charge >= 0.3 is 5.97 Å². The lowest BCUT2D eigenvalue weighted by atomic mass is 10.2. The molecule has 2 aromatic rings. The molecule has 0 aliphatic carbocycles. The Bertz CT molecular complexity index is 705. The Hall–Kier alpha value is -2.83. The minimum Gasteiger partial charge on any atom is -0.495 e. The molecule has 110 valence electrons. The number of carbonyl (C=O) groups is 2. The maximum absolute atomic E-state index is 12.1. The molecule has 21 heavy (non-hydrogen) atoms. The van der Waals surface area contributed by atoms with E-state index in [1.165, 1.54) is 25.3 Å². The Morgan fingerprint density at radius 2 is 2.05 bits per heavy atom. The SMILES string of the molecule is COc1ccc(C(=O)O)cc1NC(=O)c1oc(C)nc1C. The average molecular weight is 290 g/mol. The zero-order valence-electron chi connectivity index (χ0n) is 11.8. The van der Waals surface area contributed by atoms with E-state index >= 15 is 0 Å². The maximum Gasteiger partial charge on any atom is 0.335 e. The summed E-state index contributed by atoms with van der Waals surface area (Å²) in [6.07, 6.45) is 0. The van der Waals surface area contributed by atoms with Crippen molar-refractivity contribution in [1.29, 1.82) is 0 Å². The third kappa shape index (κ3) is 3.02. The van der Waals surface area contributed by atoms with Gasteiger partial charge < -0.3 is 19.6 Å². The highest BCUT2D eigenvalue weighted by molar-refractivity contribution is 6.04. The fourth-order valence-corrected chi connectivity index (χ4v) is 1.86. The number of amides is 1. The van der Waals surface area contributed by atoms with Crippen molar-refractivity contribution in [1.82, 2.24) is 4.98 Å². The smallest absolute Gasteiger partial charge is 0.335 e. The van der Waals surface area contributed by atoms with Crippen LogP contribution in [0.15, 0.2) is 22.6 Å². The molecule has 1 amide bonds. The number of aromatic carboxylic acids is 1. The number of ether oxygens (including phenoxy) is 1. The fraction of sp³-hybridized carbons (Fsp3) is 0.214. The Morgan fingerprint density at radius 3 is 2.57 bits per heavy atom. The zero-order valence-corrected chi connectivity index (χ0v) is 11.8. The maximum atomic E-state index is 12.1. The lowest BCUT2D eigenvalue weighted by molar-refractivity contribution is 0.0696.